The lowest BCUT2D eigenvalue weighted by Crippen LogP contribution is -2.44. The predicted molar refractivity (Wildman–Crippen MR) is 96.3 cm³/mol. The van der Waals surface area contributed by atoms with Gasteiger partial charge in [-0.05, 0) is 12.1 Å². The van der Waals surface area contributed by atoms with E-state index in [0.29, 0.717) is 11.1 Å². The molecule has 3 rings (SSSR count). The van der Waals surface area contributed by atoms with E-state index in [1.54, 1.807) is 41.2 Å². The molecule has 0 bridgehead atoms. The van der Waals surface area contributed by atoms with Gasteiger partial charge in [-0.2, -0.15) is 4.57 Å². The third kappa shape index (κ3) is 3.98. The van der Waals surface area contributed by atoms with E-state index in [1.165, 1.54) is 0 Å². The minimum atomic E-state index is -0.388. The number of hydrogen-bond donors (Lipinski definition) is 1. The third-order valence-corrected chi connectivity index (χ3v) is 4.02. The first-order valence-electron chi connectivity index (χ1n) is 8.11. The summed E-state index contributed by atoms with van der Waals surface area (Å²) in [6, 6.07) is 21.6. The molecule has 4 heteroatoms. The highest BCUT2D eigenvalue weighted by Gasteiger charge is 2.22. The van der Waals surface area contributed by atoms with Crippen molar-refractivity contribution in [3.63, 3.8) is 0 Å². The van der Waals surface area contributed by atoms with E-state index in [4.69, 9.17) is 0 Å². The predicted octanol–water partition coefficient (Wildman–Crippen LogP) is 3.40. The Hall–Kier alpha value is -3.27. The fourth-order valence-electron chi connectivity index (χ4n) is 2.51. The van der Waals surface area contributed by atoms with Crippen LogP contribution in [0.1, 0.15) is 28.9 Å². The van der Waals surface area contributed by atoms with Crippen LogP contribution in [-0.2, 0) is 4.79 Å². The molecule has 0 aliphatic heterocycles. The molecule has 0 radical (unpaired) electrons. The Morgan fingerprint density at radius 3 is 1.92 bits per heavy atom. The minimum Gasteiger partial charge on any atom is -0.320 e. The molecular weight excluding hydrogens is 312 g/mol. The van der Waals surface area contributed by atoms with Gasteiger partial charge in [-0.15, -0.1) is 0 Å². The Kier molecular flexibility index (Phi) is 5.00. The number of aromatic nitrogens is 1. The average molecular weight is 331 g/mol. The van der Waals surface area contributed by atoms with Crippen molar-refractivity contribution >= 4 is 17.4 Å². The fraction of sp³-hybridized carbons (Fsp3) is 0.0952. The average Bonchev–Trinajstić information content (AvgIpc) is 2.68. The van der Waals surface area contributed by atoms with Crippen LogP contribution < -0.4 is 9.88 Å². The topological polar surface area (TPSA) is 50.1 Å². The minimum absolute atomic E-state index is 0.0332. The van der Waals surface area contributed by atoms with Crippen LogP contribution >= 0.6 is 0 Å². The van der Waals surface area contributed by atoms with Crippen LogP contribution in [0.2, 0.25) is 0 Å². The highest BCUT2D eigenvalue weighted by Crippen LogP contribution is 2.10. The van der Waals surface area contributed by atoms with E-state index in [2.05, 4.69) is 5.32 Å². The summed E-state index contributed by atoms with van der Waals surface area (Å²) >= 11 is 0. The number of para-hydroxylation sites is 1. The zero-order chi connectivity index (χ0) is 17.6. The summed E-state index contributed by atoms with van der Waals surface area (Å²) in [6.07, 6.45) is 3.51. The van der Waals surface area contributed by atoms with Crippen molar-refractivity contribution in [2.24, 2.45) is 0 Å². The highest BCUT2D eigenvalue weighted by molar-refractivity contribution is 6.08. The Labute approximate surface area is 146 Å². The van der Waals surface area contributed by atoms with E-state index in [0.717, 1.165) is 5.69 Å². The van der Waals surface area contributed by atoms with E-state index in [1.807, 2.05) is 55.5 Å². The fourth-order valence-corrected chi connectivity index (χ4v) is 2.51. The molecule has 4 nitrogen and oxygen atoms in total. The monoisotopic (exact) mass is 331 g/mol. The zero-order valence-corrected chi connectivity index (χ0v) is 13.9. The quantitative estimate of drug-likeness (QED) is 0.575. The Bertz CT molecular complexity index is 859. The molecule has 25 heavy (non-hydrogen) atoms. The van der Waals surface area contributed by atoms with Gasteiger partial charge >= 0.3 is 0 Å². The Morgan fingerprint density at radius 1 is 0.800 bits per heavy atom. The van der Waals surface area contributed by atoms with Crippen molar-refractivity contribution in [2.75, 3.05) is 5.32 Å². The van der Waals surface area contributed by atoms with Crippen molar-refractivity contribution in [2.45, 2.75) is 13.0 Å². The molecule has 0 unspecified atom stereocenters. The number of nitrogens with zero attached hydrogens (tertiary/aromatic N) is 1. The molecule has 0 fully saturated rings. The van der Waals surface area contributed by atoms with Crippen molar-refractivity contribution in [1.29, 1.82) is 0 Å². The van der Waals surface area contributed by atoms with Gasteiger partial charge in [-0.25, -0.2) is 0 Å². The van der Waals surface area contributed by atoms with E-state index in [-0.39, 0.29) is 17.7 Å². The first kappa shape index (κ1) is 16.6. The SMILES string of the molecule is C[C@H](C(=O)Nc1ccccc1)[n+]1ccc(C(=O)c2ccccc2)cc1. The van der Waals surface area contributed by atoms with Crippen molar-refractivity contribution < 1.29 is 14.2 Å². The molecule has 0 spiro atoms. The number of rotatable bonds is 5. The molecule has 0 saturated heterocycles. The second kappa shape index (κ2) is 7.53. The summed E-state index contributed by atoms with van der Waals surface area (Å²) in [5.41, 5.74) is 2.00. The van der Waals surface area contributed by atoms with E-state index in [9.17, 15) is 9.59 Å². The molecule has 1 amide bonds. The first-order chi connectivity index (χ1) is 12.1. The van der Waals surface area contributed by atoms with Gasteiger partial charge in [0.15, 0.2) is 18.2 Å². The molecule has 1 atom stereocenters. The van der Waals surface area contributed by atoms with Gasteiger partial charge in [0.05, 0.1) is 0 Å². The van der Waals surface area contributed by atoms with Gasteiger partial charge in [0.25, 0.3) is 5.91 Å². The number of nitrogens with one attached hydrogen (secondary N) is 1. The lowest BCUT2D eigenvalue weighted by molar-refractivity contribution is -0.705. The second-order valence-corrected chi connectivity index (χ2v) is 5.76. The number of pyridine rings is 1. The van der Waals surface area contributed by atoms with Crippen LogP contribution in [-0.4, -0.2) is 11.7 Å². The lowest BCUT2D eigenvalue weighted by atomic mass is 10.0. The Balaban J connectivity index is 1.71. The van der Waals surface area contributed by atoms with Crippen LogP contribution in [0.4, 0.5) is 5.69 Å². The van der Waals surface area contributed by atoms with Crippen LogP contribution in [0.25, 0.3) is 0 Å². The molecule has 124 valence electrons. The molecule has 3 aromatic rings. The number of hydrogen-bond acceptors (Lipinski definition) is 2. The Morgan fingerprint density at radius 2 is 1.32 bits per heavy atom. The molecule has 0 aliphatic rings. The molecular formula is C21H19N2O2+. The maximum atomic E-state index is 12.4. The van der Waals surface area contributed by atoms with Gasteiger partial charge in [-0.1, -0.05) is 48.5 Å². The van der Waals surface area contributed by atoms with Gasteiger partial charge in [0.1, 0.15) is 0 Å². The molecule has 1 heterocycles. The third-order valence-electron chi connectivity index (χ3n) is 4.02. The van der Waals surface area contributed by atoms with Gasteiger partial charge in [0, 0.05) is 35.9 Å². The molecule has 0 saturated carbocycles. The van der Waals surface area contributed by atoms with E-state index >= 15 is 0 Å². The lowest BCUT2D eigenvalue weighted by Gasteiger charge is -2.09. The smallest absolute Gasteiger partial charge is 0.293 e. The van der Waals surface area contributed by atoms with Crippen molar-refractivity contribution in [3.8, 4) is 0 Å². The molecule has 2 aromatic carbocycles. The standard InChI is InChI=1S/C21H18N2O2/c1-16(21(25)22-19-10-6-3-7-11-19)23-14-12-18(13-15-23)20(24)17-8-4-2-5-9-17/h2-16H,1H3/p+1/t16-/m1/s1. The summed E-state index contributed by atoms with van der Waals surface area (Å²) in [5, 5.41) is 2.88. The highest BCUT2D eigenvalue weighted by atomic mass is 16.2. The van der Waals surface area contributed by atoms with Crippen LogP contribution in [0.15, 0.2) is 85.2 Å². The summed E-state index contributed by atoms with van der Waals surface area (Å²) < 4.78 is 1.78. The zero-order valence-electron chi connectivity index (χ0n) is 13.9. The molecule has 1 aromatic heterocycles. The van der Waals surface area contributed by atoms with Crippen LogP contribution in [0.5, 0.6) is 0 Å². The normalized spacial score (nSPS) is 11.6. The number of benzene rings is 2. The number of anilines is 1. The maximum Gasteiger partial charge on any atom is 0.293 e. The first-order valence-corrected chi connectivity index (χ1v) is 8.11. The van der Waals surface area contributed by atoms with Crippen LogP contribution in [0, 0.1) is 0 Å². The number of carbonyl (C=O) groups is 2. The largest absolute Gasteiger partial charge is 0.320 e. The van der Waals surface area contributed by atoms with Gasteiger partial charge < -0.3 is 5.32 Å². The molecule has 0 aliphatic carbocycles. The summed E-state index contributed by atoms with van der Waals surface area (Å²) in [4.78, 5) is 24.8. The van der Waals surface area contributed by atoms with Crippen molar-refractivity contribution in [1.82, 2.24) is 0 Å². The molecule has 1 N–H and O–H groups in total. The summed E-state index contributed by atoms with van der Waals surface area (Å²) in [5.74, 6) is -0.146. The number of amides is 1. The van der Waals surface area contributed by atoms with Gasteiger partial charge in [0.2, 0.25) is 6.04 Å². The summed E-state index contributed by atoms with van der Waals surface area (Å²) in [7, 11) is 0. The summed E-state index contributed by atoms with van der Waals surface area (Å²) in [6.45, 7) is 1.82. The van der Waals surface area contributed by atoms with Crippen LogP contribution in [0.3, 0.4) is 0 Å². The second-order valence-electron chi connectivity index (χ2n) is 5.76. The number of ketones is 1. The number of carbonyl (C=O) groups excluding carboxylic acids is 2. The van der Waals surface area contributed by atoms with Gasteiger partial charge in [-0.3, -0.25) is 9.59 Å². The van der Waals surface area contributed by atoms with E-state index < -0.39 is 0 Å². The van der Waals surface area contributed by atoms with Crippen molar-refractivity contribution in [3.05, 3.63) is 96.3 Å². The maximum absolute atomic E-state index is 12.4.